The number of halogens is 1. The minimum absolute atomic E-state index is 0.326. The van der Waals surface area contributed by atoms with Gasteiger partial charge in [0.15, 0.2) is 5.22 Å². The minimum atomic E-state index is -0.372. The van der Waals surface area contributed by atoms with E-state index in [4.69, 9.17) is 21.8 Å². The fourth-order valence-electron chi connectivity index (χ4n) is 1.13. The van der Waals surface area contributed by atoms with Crippen LogP contribution in [0.25, 0.3) is 0 Å². The summed E-state index contributed by atoms with van der Waals surface area (Å²) in [5.74, 6) is 0.602. The van der Waals surface area contributed by atoms with Gasteiger partial charge in [-0.15, -0.1) is 0 Å². The number of hydrogen-bond donors (Lipinski definition) is 1. The first-order valence-corrected chi connectivity index (χ1v) is 4.41. The molecule has 72 valence electrons. The van der Waals surface area contributed by atoms with Crippen molar-refractivity contribution >= 4 is 11.6 Å². The number of aromatic nitrogens is 2. The highest BCUT2D eigenvalue weighted by Crippen LogP contribution is 2.22. The van der Waals surface area contributed by atoms with Gasteiger partial charge in [0.25, 0.3) is 0 Å². The maximum atomic E-state index is 5.90. The van der Waals surface area contributed by atoms with E-state index >= 15 is 0 Å². The summed E-state index contributed by atoms with van der Waals surface area (Å²) in [6, 6.07) is 3.02. The predicted octanol–water partition coefficient (Wildman–Crippen LogP) is 1.77. The van der Waals surface area contributed by atoms with Crippen LogP contribution in [0.15, 0.2) is 35.3 Å². The largest absolute Gasteiger partial charge is 0.448 e. The summed E-state index contributed by atoms with van der Waals surface area (Å²) in [7, 11) is 0. The van der Waals surface area contributed by atoms with E-state index in [1.54, 1.807) is 24.5 Å². The molecule has 0 amide bonds. The maximum absolute atomic E-state index is 5.90. The summed E-state index contributed by atoms with van der Waals surface area (Å²) in [6.07, 6.45) is 4.74. The molecule has 2 rings (SSSR count). The second-order valence-electron chi connectivity index (χ2n) is 2.79. The van der Waals surface area contributed by atoms with Crippen LogP contribution in [-0.2, 0) is 0 Å². The van der Waals surface area contributed by atoms with E-state index in [1.807, 2.05) is 0 Å². The molecule has 0 aliphatic heterocycles. The average molecular weight is 210 g/mol. The van der Waals surface area contributed by atoms with Gasteiger partial charge >= 0.3 is 0 Å². The predicted molar refractivity (Wildman–Crippen MR) is 51.8 cm³/mol. The Balaban J connectivity index is 2.29. The highest BCUT2D eigenvalue weighted by Gasteiger charge is 2.12. The Hall–Kier alpha value is -1.39. The number of nitrogens with zero attached hydrogens (tertiary/aromatic N) is 2. The lowest BCUT2D eigenvalue weighted by Crippen LogP contribution is -2.11. The van der Waals surface area contributed by atoms with Crippen LogP contribution in [0.1, 0.15) is 17.4 Å². The van der Waals surface area contributed by atoms with Gasteiger partial charge in [-0.3, -0.25) is 0 Å². The van der Waals surface area contributed by atoms with Crippen molar-refractivity contribution in [2.75, 3.05) is 0 Å². The standard InChI is InChI=1S/C9H8ClN3O/c10-8-2-1-7(14-8)9(11)6-3-12-5-13-4-6/h1-5,9H,11H2. The van der Waals surface area contributed by atoms with Crippen LogP contribution in [0.4, 0.5) is 0 Å². The van der Waals surface area contributed by atoms with E-state index in [-0.39, 0.29) is 6.04 Å². The fraction of sp³-hybridized carbons (Fsp3) is 0.111. The summed E-state index contributed by atoms with van der Waals surface area (Å²) in [4.78, 5) is 7.74. The molecule has 2 heterocycles. The molecule has 1 unspecified atom stereocenters. The Kier molecular flexibility index (Phi) is 2.47. The Morgan fingerprint density at radius 1 is 1.29 bits per heavy atom. The number of furan rings is 1. The van der Waals surface area contributed by atoms with Gasteiger partial charge in [-0.05, 0) is 23.7 Å². The van der Waals surface area contributed by atoms with E-state index in [0.717, 1.165) is 5.56 Å². The number of hydrogen-bond acceptors (Lipinski definition) is 4. The van der Waals surface area contributed by atoms with Crippen molar-refractivity contribution in [3.05, 3.63) is 47.4 Å². The molecular weight excluding hydrogens is 202 g/mol. The van der Waals surface area contributed by atoms with E-state index in [9.17, 15) is 0 Å². The van der Waals surface area contributed by atoms with Crippen molar-refractivity contribution < 1.29 is 4.42 Å². The third-order valence-corrected chi connectivity index (χ3v) is 2.04. The third-order valence-electron chi connectivity index (χ3n) is 1.84. The zero-order valence-corrected chi connectivity index (χ0v) is 7.98. The van der Waals surface area contributed by atoms with Crippen molar-refractivity contribution in [2.24, 2.45) is 5.73 Å². The quantitative estimate of drug-likeness (QED) is 0.819. The monoisotopic (exact) mass is 209 g/mol. The summed E-state index contributed by atoms with van der Waals surface area (Å²) in [5, 5.41) is 0.326. The molecule has 0 spiro atoms. The second-order valence-corrected chi connectivity index (χ2v) is 3.16. The SMILES string of the molecule is NC(c1cncnc1)c1ccc(Cl)o1. The molecule has 1 atom stereocenters. The normalized spacial score (nSPS) is 12.7. The zero-order chi connectivity index (χ0) is 9.97. The van der Waals surface area contributed by atoms with Gasteiger partial charge in [0.1, 0.15) is 12.1 Å². The van der Waals surface area contributed by atoms with Crippen molar-refractivity contribution in [1.29, 1.82) is 0 Å². The van der Waals surface area contributed by atoms with Gasteiger partial charge < -0.3 is 10.2 Å². The topological polar surface area (TPSA) is 64.9 Å². The number of nitrogens with two attached hydrogens (primary N) is 1. The molecule has 0 aromatic carbocycles. The Morgan fingerprint density at radius 3 is 2.57 bits per heavy atom. The molecule has 0 aliphatic carbocycles. The maximum Gasteiger partial charge on any atom is 0.193 e. The van der Waals surface area contributed by atoms with E-state index in [0.29, 0.717) is 11.0 Å². The molecule has 2 aromatic rings. The molecule has 14 heavy (non-hydrogen) atoms. The van der Waals surface area contributed by atoms with Crippen LogP contribution >= 0.6 is 11.6 Å². The van der Waals surface area contributed by atoms with Gasteiger partial charge in [-0.1, -0.05) is 0 Å². The van der Waals surface area contributed by atoms with Crippen molar-refractivity contribution in [2.45, 2.75) is 6.04 Å². The molecule has 0 radical (unpaired) electrons. The summed E-state index contributed by atoms with van der Waals surface area (Å²) in [5.41, 5.74) is 6.69. The van der Waals surface area contributed by atoms with Gasteiger partial charge in [0, 0.05) is 18.0 Å². The van der Waals surface area contributed by atoms with Crippen LogP contribution in [0.2, 0.25) is 5.22 Å². The van der Waals surface area contributed by atoms with Gasteiger partial charge in [-0.2, -0.15) is 0 Å². The Labute approximate surface area is 85.7 Å². The molecule has 0 saturated heterocycles. The van der Waals surface area contributed by atoms with Crippen LogP contribution < -0.4 is 5.73 Å². The molecule has 4 nitrogen and oxygen atoms in total. The molecule has 2 N–H and O–H groups in total. The minimum Gasteiger partial charge on any atom is -0.448 e. The van der Waals surface area contributed by atoms with Crippen LogP contribution in [0.5, 0.6) is 0 Å². The molecule has 0 saturated carbocycles. The third kappa shape index (κ3) is 1.76. The van der Waals surface area contributed by atoms with Crippen LogP contribution in [0, 0.1) is 0 Å². The fourth-order valence-corrected chi connectivity index (χ4v) is 1.28. The Morgan fingerprint density at radius 2 is 2.00 bits per heavy atom. The van der Waals surface area contributed by atoms with Crippen molar-refractivity contribution in [1.82, 2.24) is 9.97 Å². The summed E-state index contributed by atoms with van der Waals surface area (Å²) in [6.45, 7) is 0. The first-order valence-electron chi connectivity index (χ1n) is 4.03. The average Bonchev–Trinajstić information content (AvgIpc) is 2.65. The molecule has 0 aliphatic rings. The van der Waals surface area contributed by atoms with Gasteiger partial charge in [-0.25, -0.2) is 9.97 Å². The molecular formula is C9H8ClN3O. The highest BCUT2D eigenvalue weighted by atomic mass is 35.5. The van der Waals surface area contributed by atoms with Crippen LogP contribution in [-0.4, -0.2) is 9.97 Å². The van der Waals surface area contributed by atoms with E-state index in [1.165, 1.54) is 6.33 Å². The molecule has 0 bridgehead atoms. The van der Waals surface area contributed by atoms with Crippen LogP contribution in [0.3, 0.4) is 0 Å². The van der Waals surface area contributed by atoms with Crippen molar-refractivity contribution in [3.8, 4) is 0 Å². The lowest BCUT2D eigenvalue weighted by molar-refractivity contribution is 0.490. The van der Waals surface area contributed by atoms with E-state index < -0.39 is 0 Å². The summed E-state index contributed by atoms with van der Waals surface area (Å²) >= 11 is 5.64. The lowest BCUT2D eigenvalue weighted by atomic mass is 10.1. The molecule has 0 fully saturated rings. The highest BCUT2D eigenvalue weighted by molar-refractivity contribution is 6.28. The zero-order valence-electron chi connectivity index (χ0n) is 7.22. The molecule has 2 aromatic heterocycles. The summed E-state index contributed by atoms with van der Waals surface area (Å²) < 4.78 is 5.18. The first kappa shape index (κ1) is 9.18. The smallest absolute Gasteiger partial charge is 0.193 e. The molecule has 5 heteroatoms. The van der Waals surface area contributed by atoms with Crippen molar-refractivity contribution in [3.63, 3.8) is 0 Å². The van der Waals surface area contributed by atoms with Gasteiger partial charge in [0.05, 0.1) is 6.04 Å². The Bertz CT molecular complexity index is 415. The van der Waals surface area contributed by atoms with E-state index in [2.05, 4.69) is 9.97 Å². The number of rotatable bonds is 2. The first-order chi connectivity index (χ1) is 6.77. The van der Waals surface area contributed by atoms with Gasteiger partial charge in [0.2, 0.25) is 0 Å². The second kappa shape index (κ2) is 3.77. The lowest BCUT2D eigenvalue weighted by Gasteiger charge is -2.06.